The first kappa shape index (κ1) is 24.5. The second kappa shape index (κ2) is 10.6. The first-order valence-electron chi connectivity index (χ1n) is 10.2. The molecule has 0 aliphatic carbocycles. The zero-order valence-corrected chi connectivity index (χ0v) is 19.4. The minimum Gasteiger partial charge on any atom is -0.493 e. The lowest BCUT2D eigenvalue weighted by Crippen LogP contribution is -2.40. The number of amides is 1. The normalized spacial score (nSPS) is 15.4. The van der Waals surface area contributed by atoms with Gasteiger partial charge in [0.15, 0.2) is 17.6 Å². The predicted octanol–water partition coefficient (Wildman–Crippen LogP) is 1.91. The summed E-state index contributed by atoms with van der Waals surface area (Å²) in [5, 5.41) is 2.61. The molecule has 2 aromatic rings. The number of benzene rings is 2. The number of esters is 1. The molecule has 1 amide bonds. The molecule has 1 fully saturated rings. The van der Waals surface area contributed by atoms with E-state index < -0.39 is 28.0 Å². The van der Waals surface area contributed by atoms with Gasteiger partial charge in [-0.2, -0.15) is 4.31 Å². The Labute approximate surface area is 192 Å². The van der Waals surface area contributed by atoms with Crippen molar-refractivity contribution in [2.24, 2.45) is 0 Å². The van der Waals surface area contributed by atoms with Crippen molar-refractivity contribution in [2.75, 3.05) is 45.8 Å². The van der Waals surface area contributed by atoms with Gasteiger partial charge in [0.25, 0.3) is 5.91 Å². The minimum atomic E-state index is -3.63. The second-order valence-electron chi connectivity index (χ2n) is 7.12. The lowest BCUT2D eigenvalue weighted by Gasteiger charge is -2.26. The number of hydrogen-bond donors (Lipinski definition) is 1. The molecule has 1 N–H and O–H groups in total. The molecule has 1 unspecified atom stereocenters. The van der Waals surface area contributed by atoms with Gasteiger partial charge in [-0.05, 0) is 43.3 Å². The Morgan fingerprint density at radius 3 is 2.30 bits per heavy atom. The van der Waals surface area contributed by atoms with Crippen molar-refractivity contribution in [2.45, 2.75) is 17.9 Å². The number of ether oxygens (including phenoxy) is 4. The summed E-state index contributed by atoms with van der Waals surface area (Å²) in [6, 6.07) is 10.5. The molecule has 0 bridgehead atoms. The van der Waals surface area contributed by atoms with Gasteiger partial charge in [-0.25, -0.2) is 13.2 Å². The van der Waals surface area contributed by atoms with Crippen LogP contribution in [0.1, 0.15) is 17.3 Å². The summed E-state index contributed by atoms with van der Waals surface area (Å²) in [6.45, 7) is 2.72. The molecule has 1 aliphatic heterocycles. The van der Waals surface area contributed by atoms with Crippen LogP contribution in [0.25, 0.3) is 0 Å². The highest BCUT2D eigenvalue weighted by Crippen LogP contribution is 2.31. The molecule has 178 valence electrons. The number of hydrogen-bond acceptors (Lipinski definition) is 8. The molecule has 33 heavy (non-hydrogen) atoms. The number of carbonyl (C=O) groups is 2. The molecule has 0 saturated carbocycles. The van der Waals surface area contributed by atoms with Crippen LogP contribution >= 0.6 is 0 Å². The molecule has 1 saturated heterocycles. The zero-order valence-electron chi connectivity index (χ0n) is 18.6. The van der Waals surface area contributed by atoms with Crippen LogP contribution in [0, 0.1) is 0 Å². The third-order valence-corrected chi connectivity index (χ3v) is 6.92. The Hall–Kier alpha value is -3.15. The van der Waals surface area contributed by atoms with E-state index in [1.165, 1.54) is 55.8 Å². The fraction of sp³-hybridized carbons (Fsp3) is 0.364. The molecule has 2 aromatic carbocycles. The van der Waals surface area contributed by atoms with Gasteiger partial charge >= 0.3 is 5.97 Å². The predicted molar refractivity (Wildman–Crippen MR) is 119 cm³/mol. The van der Waals surface area contributed by atoms with Crippen LogP contribution in [-0.4, -0.2) is 71.2 Å². The van der Waals surface area contributed by atoms with Crippen LogP contribution < -0.4 is 14.8 Å². The average Bonchev–Trinajstić information content (AvgIpc) is 2.84. The van der Waals surface area contributed by atoms with Crippen molar-refractivity contribution in [1.29, 1.82) is 0 Å². The summed E-state index contributed by atoms with van der Waals surface area (Å²) in [4.78, 5) is 25.2. The van der Waals surface area contributed by atoms with Crippen LogP contribution in [0.4, 0.5) is 5.69 Å². The molecule has 0 aromatic heterocycles. The van der Waals surface area contributed by atoms with E-state index in [0.29, 0.717) is 37.7 Å². The Bertz CT molecular complexity index is 1100. The fourth-order valence-corrected chi connectivity index (χ4v) is 4.62. The highest BCUT2D eigenvalue weighted by atomic mass is 32.2. The van der Waals surface area contributed by atoms with Crippen molar-refractivity contribution in [1.82, 2.24) is 4.31 Å². The first-order chi connectivity index (χ1) is 15.8. The standard InChI is InChI=1S/C22H26N2O8S/c1-15(32-22(26)18-5-4-6-19(29-2)20(18)30-3)21(25)23-16-7-9-17(10-8-16)33(27,28)24-11-13-31-14-12-24/h4-10,15H,11-14H2,1-3H3,(H,23,25). The number of carbonyl (C=O) groups excluding carboxylic acids is 2. The summed E-state index contributed by atoms with van der Waals surface area (Å²) >= 11 is 0. The molecule has 1 atom stereocenters. The smallest absolute Gasteiger partial charge is 0.342 e. The summed E-state index contributed by atoms with van der Waals surface area (Å²) < 4.78 is 47.6. The molecular formula is C22H26N2O8S. The van der Waals surface area contributed by atoms with E-state index in [1.54, 1.807) is 12.1 Å². The molecule has 3 rings (SSSR count). The molecular weight excluding hydrogens is 452 g/mol. The Morgan fingerprint density at radius 2 is 1.70 bits per heavy atom. The summed E-state index contributed by atoms with van der Waals surface area (Å²) in [6.07, 6.45) is -1.12. The van der Waals surface area contributed by atoms with Gasteiger partial charge in [0.1, 0.15) is 5.56 Å². The number of rotatable bonds is 8. The third-order valence-electron chi connectivity index (χ3n) is 5.01. The summed E-state index contributed by atoms with van der Waals surface area (Å²) in [7, 11) is -0.792. The van der Waals surface area contributed by atoms with Gasteiger partial charge in [0.2, 0.25) is 10.0 Å². The van der Waals surface area contributed by atoms with E-state index in [4.69, 9.17) is 18.9 Å². The lowest BCUT2D eigenvalue weighted by molar-refractivity contribution is -0.123. The van der Waals surface area contributed by atoms with Gasteiger partial charge in [0, 0.05) is 18.8 Å². The molecule has 10 nitrogen and oxygen atoms in total. The highest BCUT2D eigenvalue weighted by molar-refractivity contribution is 7.89. The summed E-state index contributed by atoms with van der Waals surface area (Å²) in [5.41, 5.74) is 0.483. The van der Waals surface area contributed by atoms with Crippen molar-refractivity contribution in [3.8, 4) is 11.5 Å². The Kier molecular flexibility index (Phi) is 7.90. The van der Waals surface area contributed by atoms with Crippen LogP contribution in [-0.2, 0) is 24.3 Å². The average molecular weight is 479 g/mol. The second-order valence-corrected chi connectivity index (χ2v) is 9.06. The maximum atomic E-state index is 12.7. The van der Waals surface area contributed by atoms with Crippen molar-refractivity contribution in [3.05, 3.63) is 48.0 Å². The van der Waals surface area contributed by atoms with Crippen molar-refractivity contribution in [3.63, 3.8) is 0 Å². The molecule has 0 spiro atoms. The lowest BCUT2D eigenvalue weighted by atomic mass is 10.2. The maximum Gasteiger partial charge on any atom is 0.342 e. The van der Waals surface area contributed by atoms with Gasteiger partial charge in [-0.3, -0.25) is 4.79 Å². The fourth-order valence-electron chi connectivity index (χ4n) is 3.22. The van der Waals surface area contributed by atoms with E-state index >= 15 is 0 Å². The number of nitrogens with one attached hydrogen (secondary N) is 1. The number of nitrogens with zero attached hydrogens (tertiary/aromatic N) is 1. The minimum absolute atomic E-state index is 0.118. The monoisotopic (exact) mass is 478 g/mol. The zero-order chi connectivity index (χ0) is 24.0. The van der Waals surface area contributed by atoms with E-state index in [0.717, 1.165) is 0 Å². The van der Waals surface area contributed by atoms with Crippen LogP contribution in [0.2, 0.25) is 0 Å². The van der Waals surface area contributed by atoms with Gasteiger partial charge < -0.3 is 24.3 Å². The molecule has 0 radical (unpaired) electrons. The van der Waals surface area contributed by atoms with E-state index in [9.17, 15) is 18.0 Å². The number of methoxy groups -OCH3 is 2. The number of morpholine rings is 1. The number of sulfonamides is 1. The van der Waals surface area contributed by atoms with E-state index in [2.05, 4.69) is 5.32 Å². The number of para-hydroxylation sites is 1. The molecule has 1 heterocycles. The van der Waals surface area contributed by atoms with Gasteiger partial charge in [0.05, 0.1) is 32.3 Å². The first-order valence-corrected chi connectivity index (χ1v) is 11.6. The Balaban J connectivity index is 1.64. The largest absolute Gasteiger partial charge is 0.493 e. The van der Waals surface area contributed by atoms with Gasteiger partial charge in [-0.15, -0.1) is 0 Å². The van der Waals surface area contributed by atoms with E-state index in [-0.39, 0.29) is 16.2 Å². The van der Waals surface area contributed by atoms with Crippen LogP contribution in [0.15, 0.2) is 47.4 Å². The Morgan fingerprint density at radius 1 is 1.03 bits per heavy atom. The molecule has 1 aliphatic rings. The van der Waals surface area contributed by atoms with Crippen molar-refractivity contribution >= 4 is 27.6 Å². The SMILES string of the molecule is COc1cccc(C(=O)OC(C)C(=O)Nc2ccc(S(=O)(=O)N3CCOCC3)cc2)c1OC. The van der Waals surface area contributed by atoms with Crippen molar-refractivity contribution < 1.29 is 37.0 Å². The molecule has 11 heteroatoms. The quantitative estimate of drug-likeness (QED) is 0.572. The van der Waals surface area contributed by atoms with Crippen LogP contribution in [0.5, 0.6) is 11.5 Å². The topological polar surface area (TPSA) is 120 Å². The third kappa shape index (κ3) is 5.62. The highest BCUT2D eigenvalue weighted by Gasteiger charge is 2.27. The maximum absolute atomic E-state index is 12.7. The van der Waals surface area contributed by atoms with Crippen LogP contribution in [0.3, 0.4) is 0 Å². The number of anilines is 1. The van der Waals surface area contributed by atoms with E-state index in [1.807, 2.05) is 0 Å². The summed E-state index contributed by atoms with van der Waals surface area (Å²) in [5.74, 6) is -0.764. The van der Waals surface area contributed by atoms with Gasteiger partial charge in [-0.1, -0.05) is 6.07 Å².